The van der Waals surface area contributed by atoms with Gasteiger partial charge in [0.15, 0.2) is 0 Å². The monoisotopic (exact) mass is 209 g/mol. The summed E-state index contributed by atoms with van der Waals surface area (Å²) < 4.78 is 1.76. The van der Waals surface area contributed by atoms with E-state index in [2.05, 4.69) is 10.3 Å². The van der Waals surface area contributed by atoms with Gasteiger partial charge in [0.2, 0.25) is 6.10 Å². The maximum atomic E-state index is 10.6. The average molecular weight is 209 g/mol. The molecular formula is C9H11N3O3. The third-order valence-corrected chi connectivity index (χ3v) is 2.23. The van der Waals surface area contributed by atoms with Crippen LogP contribution in [0.25, 0.3) is 0 Å². The summed E-state index contributed by atoms with van der Waals surface area (Å²) in [6.07, 6.45) is 2.93. The predicted molar refractivity (Wildman–Crippen MR) is 51.6 cm³/mol. The van der Waals surface area contributed by atoms with Gasteiger partial charge in [-0.05, 0) is 6.92 Å². The van der Waals surface area contributed by atoms with Crippen LogP contribution in [0.4, 0.5) is 0 Å². The van der Waals surface area contributed by atoms with Gasteiger partial charge in [0, 0.05) is 24.7 Å². The first-order valence-corrected chi connectivity index (χ1v) is 4.69. The van der Waals surface area contributed by atoms with E-state index in [1.807, 2.05) is 13.1 Å². The van der Waals surface area contributed by atoms with E-state index in [1.165, 1.54) is 0 Å². The van der Waals surface area contributed by atoms with Crippen molar-refractivity contribution in [2.75, 3.05) is 0 Å². The lowest BCUT2D eigenvalue weighted by atomic mass is 10.1. The highest BCUT2D eigenvalue weighted by Gasteiger charge is 2.28. The minimum absolute atomic E-state index is 0.296. The fraction of sp³-hybridized carbons (Fsp3) is 0.444. The van der Waals surface area contributed by atoms with Crippen molar-refractivity contribution in [2.45, 2.75) is 26.0 Å². The first-order valence-electron chi connectivity index (χ1n) is 4.69. The molecule has 0 radical (unpaired) electrons. The van der Waals surface area contributed by atoms with Gasteiger partial charge >= 0.3 is 5.97 Å². The van der Waals surface area contributed by atoms with Crippen molar-refractivity contribution >= 4 is 11.7 Å². The zero-order valence-corrected chi connectivity index (χ0v) is 8.25. The van der Waals surface area contributed by atoms with Crippen LogP contribution in [0.1, 0.15) is 18.9 Å². The number of carbonyl (C=O) groups is 1. The number of carboxylic acids is 1. The van der Waals surface area contributed by atoms with Gasteiger partial charge in [0.05, 0.1) is 11.9 Å². The maximum absolute atomic E-state index is 10.6. The lowest BCUT2D eigenvalue weighted by molar-refractivity contribution is -0.148. The molecule has 0 amide bonds. The average Bonchev–Trinajstić information content (AvgIpc) is 2.86. The fourth-order valence-corrected chi connectivity index (χ4v) is 1.37. The van der Waals surface area contributed by atoms with Crippen molar-refractivity contribution < 1.29 is 14.7 Å². The Labute approximate surface area is 86.1 Å². The Morgan fingerprint density at radius 1 is 1.80 bits per heavy atom. The summed E-state index contributed by atoms with van der Waals surface area (Å²) in [5.41, 5.74) is 1.46. The van der Waals surface area contributed by atoms with Crippen molar-refractivity contribution in [3.8, 4) is 0 Å². The fourth-order valence-electron chi connectivity index (χ4n) is 1.37. The second-order valence-electron chi connectivity index (χ2n) is 3.26. The van der Waals surface area contributed by atoms with E-state index < -0.39 is 12.1 Å². The second kappa shape index (κ2) is 3.72. The third kappa shape index (κ3) is 1.83. The molecule has 2 heterocycles. The van der Waals surface area contributed by atoms with Gasteiger partial charge in [-0.2, -0.15) is 5.10 Å². The molecule has 1 unspecified atom stereocenters. The summed E-state index contributed by atoms with van der Waals surface area (Å²) in [4.78, 5) is 15.4. The Kier molecular flexibility index (Phi) is 2.40. The normalized spacial score (nSPS) is 19.8. The largest absolute Gasteiger partial charge is 0.478 e. The molecule has 0 aliphatic carbocycles. The molecule has 2 rings (SSSR count). The molecule has 0 fully saturated rings. The smallest absolute Gasteiger partial charge is 0.348 e. The van der Waals surface area contributed by atoms with E-state index in [4.69, 9.17) is 9.94 Å². The molecule has 6 nitrogen and oxygen atoms in total. The lowest BCUT2D eigenvalue weighted by Gasteiger charge is -1.98. The van der Waals surface area contributed by atoms with E-state index in [0.717, 1.165) is 12.1 Å². The van der Waals surface area contributed by atoms with Gasteiger partial charge in [0.1, 0.15) is 0 Å². The Balaban J connectivity index is 2.10. The molecule has 1 N–H and O–H groups in total. The van der Waals surface area contributed by atoms with Crippen LogP contribution in [0.15, 0.2) is 17.5 Å². The standard InChI is InChI=1S/C9H11N3O3/c1-2-12-5-6(4-10-12)7-3-8(9(13)14)15-11-7/h4-5,8H,2-3H2,1H3,(H,13,14). The number of oxime groups is 1. The molecule has 15 heavy (non-hydrogen) atoms. The van der Waals surface area contributed by atoms with E-state index in [9.17, 15) is 4.79 Å². The number of aryl methyl sites for hydroxylation is 1. The maximum Gasteiger partial charge on any atom is 0.348 e. The lowest BCUT2D eigenvalue weighted by Crippen LogP contribution is -2.19. The molecule has 1 aliphatic rings. The number of aromatic nitrogens is 2. The van der Waals surface area contributed by atoms with Crippen LogP contribution in [0.3, 0.4) is 0 Å². The molecular weight excluding hydrogens is 198 g/mol. The molecule has 1 aromatic heterocycles. The summed E-state index contributed by atoms with van der Waals surface area (Å²) in [5, 5.41) is 16.5. The van der Waals surface area contributed by atoms with Crippen LogP contribution >= 0.6 is 0 Å². The molecule has 6 heteroatoms. The molecule has 0 saturated heterocycles. The highest BCUT2D eigenvalue weighted by atomic mass is 16.7. The number of nitrogens with zero attached hydrogens (tertiary/aromatic N) is 3. The van der Waals surface area contributed by atoms with Crippen LogP contribution in [-0.2, 0) is 16.2 Å². The number of aliphatic carboxylic acids is 1. The first-order chi connectivity index (χ1) is 7.20. The highest BCUT2D eigenvalue weighted by molar-refractivity contribution is 6.03. The van der Waals surface area contributed by atoms with E-state index in [0.29, 0.717) is 12.1 Å². The highest BCUT2D eigenvalue weighted by Crippen LogP contribution is 2.16. The number of rotatable bonds is 3. The number of hydrogen-bond donors (Lipinski definition) is 1. The van der Waals surface area contributed by atoms with Gasteiger partial charge in [-0.3, -0.25) is 4.68 Å². The molecule has 80 valence electrons. The van der Waals surface area contributed by atoms with Crippen molar-refractivity contribution in [3.05, 3.63) is 18.0 Å². The van der Waals surface area contributed by atoms with Gasteiger partial charge in [-0.1, -0.05) is 5.16 Å². The van der Waals surface area contributed by atoms with Crippen molar-refractivity contribution in [1.29, 1.82) is 0 Å². The van der Waals surface area contributed by atoms with Gasteiger partial charge in [-0.15, -0.1) is 0 Å². The summed E-state index contributed by atoms with van der Waals surface area (Å²) in [6, 6.07) is 0. The van der Waals surface area contributed by atoms with Crippen LogP contribution in [-0.4, -0.2) is 32.7 Å². The van der Waals surface area contributed by atoms with Gasteiger partial charge in [0.25, 0.3) is 0 Å². The second-order valence-corrected chi connectivity index (χ2v) is 3.26. The molecule has 0 saturated carbocycles. The Hall–Kier alpha value is -1.85. The summed E-state index contributed by atoms with van der Waals surface area (Å²) in [5.74, 6) is -0.989. The summed E-state index contributed by atoms with van der Waals surface area (Å²) in [6.45, 7) is 2.75. The van der Waals surface area contributed by atoms with Crippen LogP contribution in [0.5, 0.6) is 0 Å². The number of hydrogen-bond acceptors (Lipinski definition) is 4. The van der Waals surface area contributed by atoms with Crippen LogP contribution in [0, 0.1) is 0 Å². The first kappa shape index (κ1) is 9.70. The molecule has 1 aromatic rings. The predicted octanol–water partition coefficient (Wildman–Crippen LogP) is 0.481. The van der Waals surface area contributed by atoms with E-state index in [1.54, 1.807) is 10.9 Å². The SMILES string of the molecule is CCn1cc(C2=NOC(C(=O)O)C2)cn1. The zero-order valence-electron chi connectivity index (χ0n) is 8.25. The minimum Gasteiger partial charge on any atom is -0.478 e. The Morgan fingerprint density at radius 3 is 3.13 bits per heavy atom. The van der Waals surface area contributed by atoms with E-state index >= 15 is 0 Å². The summed E-state index contributed by atoms with van der Waals surface area (Å²) in [7, 11) is 0. The molecule has 1 aliphatic heterocycles. The van der Waals surface area contributed by atoms with Crippen LogP contribution < -0.4 is 0 Å². The van der Waals surface area contributed by atoms with Crippen molar-refractivity contribution in [3.63, 3.8) is 0 Å². The third-order valence-electron chi connectivity index (χ3n) is 2.23. The Bertz CT molecular complexity index is 410. The van der Waals surface area contributed by atoms with Crippen molar-refractivity contribution in [1.82, 2.24) is 9.78 Å². The van der Waals surface area contributed by atoms with Crippen molar-refractivity contribution in [2.24, 2.45) is 5.16 Å². The molecule has 0 spiro atoms. The molecule has 0 aromatic carbocycles. The quantitative estimate of drug-likeness (QED) is 0.785. The summed E-state index contributed by atoms with van der Waals surface area (Å²) >= 11 is 0. The van der Waals surface area contributed by atoms with Gasteiger partial charge in [-0.25, -0.2) is 4.79 Å². The zero-order chi connectivity index (χ0) is 10.8. The van der Waals surface area contributed by atoms with E-state index in [-0.39, 0.29) is 0 Å². The molecule has 0 bridgehead atoms. The topological polar surface area (TPSA) is 76.7 Å². The number of carboxylic acid groups (broad SMARTS) is 1. The minimum atomic E-state index is -0.989. The Morgan fingerprint density at radius 2 is 2.60 bits per heavy atom. The van der Waals surface area contributed by atoms with Gasteiger partial charge < -0.3 is 9.94 Å². The van der Waals surface area contributed by atoms with Crippen LogP contribution in [0.2, 0.25) is 0 Å². The molecule has 1 atom stereocenters.